The molecule has 0 aliphatic heterocycles. The molecule has 0 saturated carbocycles. The standard InChI is InChI=1S/C20H21N7O/c1-2-3-12-28-15-10-8-14(9-11-15)24-19-18(21)20(23-13-22-19)27-17-7-5-4-6-16(17)25-26-27/h4-11,13H,2-3,12,21H2,1H3,(H,22,23,24). The lowest BCUT2D eigenvalue weighted by molar-refractivity contribution is 0.309. The van der Waals surface area contributed by atoms with Crippen molar-refractivity contribution in [3.63, 3.8) is 0 Å². The Morgan fingerprint density at radius 3 is 2.71 bits per heavy atom. The van der Waals surface area contributed by atoms with Gasteiger partial charge in [-0.1, -0.05) is 30.7 Å². The number of nitrogens with zero attached hydrogens (tertiary/aromatic N) is 5. The second kappa shape index (κ2) is 7.91. The van der Waals surface area contributed by atoms with E-state index < -0.39 is 0 Å². The van der Waals surface area contributed by atoms with Gasteiger partial charge >= 0.3 is 0 Å². The van der Waals surface area contributed by atoms with Crippen LogP contribution in [0.3, 0.4) is 0 Å². The van der Waals surface area contributed by atoms with Crippen molar-refractivity contribution >= 4 is 28.2 Å². The van der Waals surface area contributed by atoms with E-state index in [0.717, 1.165) is 41.9 Å². The summed E-state index contributed by atoms with van der Waals surface area (Å²) < 4.78 is 7.30. The summed E-state index contributed by atoms with van der Waals surface area (Å²) in [6.45, 7) is 2.86. The SMILES string of the molecule is CCCCOc1ccc(Nc2ncnc(-n3nnc4ccccc43)c2N)cc1. The molecule has 0 bridgehead atoms. The minimum absolute atomic E-state index is 0.390. The van der Waals surface area contributed by atoms with Gasteiger partial charge in [-0.2, -0.15) is 4.68 Å². The van der Waals surface area contributed by atoms with E-state index in [1.807, 2.05) is 48.5 Å². The number of hydrogen-bond donors (Lipinski definition) is 2. The van der Waals surface area contributed by atoms with Crippen LogP contribution in [0.15, 0.2) is 54.9 Å². The number of rotatable bonds is 7. The first kappa shape index (κ1) is 17.7. The second-order valence-electron chi connectivity index (χ2n) is 6.30. The van der Waals surface area contributed by atoms with E-state index in [0.29, 0.717) is 17.3 Å². The van der Waals surface area contributed by atoms with E-state index in [-0.39, 0.29) is 0 Å². The van der Waals surface area contributed by atoms with Crippen LogP contribution in [-0.2, 0) is 0 Å². The predicted octanol–water partition coefficient (Wildman–Crippen LogP) is 3.72. The molecule has 142 valence electrons. The van der Waals surface area contributed by atoms with Crippen LogP contribution in [0.25, 0.3) is 16.9 Å². The Labute approximate surface area is 162 Å². The van der Waals surface area contributed by atoms with Crippen molar-refractivity contribution in [3.05, 3.63) is 54.9 Å². The lowest BCUT2D eigenvalue weighted by Gasteiger charge is -2.12. The highest BCUT2D eigenvalue weighted by atomic mass is 16.5. The molecule has 3 N–H and O–H groups in total. The van der Waals surface area contributed by atoms with Gasteiger partial charge in [0.1, 0.15) is 23.3 Å². The zero-order valence-corrected chi connectivity index (χ0v) is 15.5. The Morgan fingerprint density at radius 2 is 1.89 bits per heavy atom. The molecule has 2 aromatic heterocycles. The maximum atomic E-state index is 6.32. The van der Waals surface area contributed by atoms with Gasteiger partial charge in [-0.25, -0.2) is 9.97 Å². The summed E-state index contributed by atoms with van der Waals surface area (Å²) in [5.41, 5.74) is 9.16. The molecule has 0 aliphatic rings. The van der Waals surface area contributed by atoms with Crippen molar-refractivity contribution in [2.45, 2.75) is 19.8 Å². The average Bonchev–Trinajstić information content (AvgIpc) is 3.15. The molecule has 4 rings (SSSR count). The smallest absolute Gasteiger partial charge is 0.184 e. The molecule has 0 atom stereocenters. The van der Waals surface area contributed by atoms with E-state index in [4.69, 9.17) is 10.5 Å². The average molecular weight is 375 g/mol. The van der Waals surface area contributed by atoms with Crippen molar-refractivity contribution in [1.29, 1.82) is 0 Å². The normalized spacial score (nSPS) is 10.9. The van der Waals surface area contributed by atoms with Crippen molar-refractivity contribution in [2.75, 3.05) is 17.7 Å². The fourth-order valence-electron chi connectivity index (χ4n) is 2.79. The molecule has 28 heavy (non-hydrogen) atoms. The third-order valence-electron chi connectivity index (χ3n) is 4.30. The van der Waals surface area contributed by atoms with Crippen LogP contribution < -0.4 is 15.8 Å². The first-order valence-corrected chi connectivity index (χ1v) is 9.17. The summed E-state index contributed by atoms with van der Waals surface area (Å²) in [5.74, 6) is 1.82. The van der Waals surface area contributed by atoms with Gasteiger partial charge in [0.05, 0.1) is 12.1 Å². The van der Waals surface area contributed by atoms with Crippen LogP contribution in [-0.4, -0.2) is 31.6 Å². The molecule has 0 aliphatic carbocycles. The van der Waals surface area contributed by atoms with Crippen LogP contribution in [0.2, 0.25) is 0 Å². The van der Waals surface area contributed by atoms with Gasteiger partial charge in [0, 0.05) is 5.69 Å². The van der Waals surface area contributed by atoms with E-state index in [2.05, 4.69) is 32.5 Å². The number of fused-ring (bicyclic) bond motifs is 1. The number of nitrogen functional groups attached to an aromatic ring is 1. The largest absolute Gasteiger partial charge is 0.494 e. The monoisotopic (exact) mass is 375 g/mol. The number of anilines is 3. The molecule has 8 nitrogen and oxygen atoms in total. The third kappa shape index (κ3) is 3.57. The highest BCUT2D eigenvalue weighted by molar-refractivity contribution is 5.80. The van der Waals surface area contributed by atoms with Gasteiger partial charge in [-0.15, -0.1) is 5.10 Å². The molecule has 2 aromatic carbocycles. The van der Waals surface area contributed by atoms with Crippen molar-refractivity contribution < 1.29 is 4.74 Å². The summed E-state index contributed by atoms with van der Waals surface area (Å²) >= 11 is 0. The van der Waals surface area contributed by atoms with Crippen molar-refractivity contribution in [3.8, 4) is 11.6 Å². The summed E-state index contributed by atoms with van der Waals surface area (Å²) in [6, 6.07) is 15.3. The number of hydrogen-bond acceptors (Lipinski definition) is 7. The van der Waals surface area contributed by atoms with Gasteiger partial charge in [0.25, 0.3) is 0 Å². The number of ether oxygens (including phenoxy) is 1. The maximum Gasteiger partial charge on any atom is 0.184 e. The van der Waals surface area contributed by atoms with E-state index in [1.54, 1.807) is 4.68 Å². The molecule has 0 amide bonds. The second-order valence-corrected chi connectivity index (χ2v) is 6.30. The van der Waals surface area contributed by atoms with Crippen molar-refractivity contribution in [1.82, 2.24) is 25.0 Å². The molecule has 0 saturated heterocycles. The fraction of sp³-hybridized carbons (Fsp3) is 0.200. The minimum Gasteiger partial charge on any atom is -0.494 e. The maximum absolute atomic E-state index is 6.32. The summed E-state index contributed by atoms with van der Waals surface area (Å²) in [7, 11) is 0. The summed E-state index contributed by atoms with van der Waals surface area (Å²) in [5, 5.41) is 11.6. The molecular weight excluding hydrogens is 354 g/mol. The predicted molar refractivity (Wildman–Crippen MR) is 109 cm³/mol. The highest BCUT2D eigenvalue weighted by Crippen LogP contribution is 2.27. The molecule has 0 unspecified atom stereocenters. The molecular formula is C20H21N7O. The third-order valence-corrected chi connectivity index (χ3v) is 4.30. The molecule has 0 fully saturated rings. The van der Waals surface area contributed by atoms with E-state index in [9.17, 15) is 0 Å². The first-order valence-electron chi connectivity index (χ1n) is 9.17. The topological polar surface area (TPSA) is 104 Å². The van der Waals surface area contributed by atoms with E-state index in [1.165, 1.54) is 6.33 Å². The van der Waals surface area contributed by atoms with Crippen LogP contribution >= 0.6 is 0 Å². The lowest BCUT2D eigenvalue weighted by Crippen LogP contribution is -2.08. The summed E-state index contributed by atoms with van der Waals surface area (Å²) in [6.07, 6.45) is 3.60. The Hall–Kier alpha value is -3.68. The zero-order valence-electron chi connectivity index (χ0n) is 15.5. The number of unbranched alkanes of at least 4 members (excludes halogenated alkanes) is 1. The Balaban J connectivity index is 1.57. The molecule has 2 heterocycles. The van der Waals surface area contributed by atoms with E-state index >= 15 is 0 Å². The van der Waals surface area contributed by atoms with Gasteiger partial charge in [0.15, 0.2) is 11.6 Å². The minimum atomic E-state index is 0.390. The van der Waals surface area contributed by atoms with Crippen LogP contribution in [0.1, 0.15) is 19.8 Å². The number of aromatic nitrogens is 5. The van der Waals surface area contributed by atoms with Crippen molar-refractivity contribution in [2.24, 2.45) is 0 Å². The number of nitrogens with one attached hydrogen (secondary N) is 1. The van der Waals surface area contributed by atoms with Crippen LogP contribution in [0, 0.1) is 0 Å². The van der Waals surface area contributed by atoms with Gasteiger partial charge < -0.3 is 15.8 Å². The lowest BCUT2D eigenvalue weighted by atomic mass is 10.3. The molecule has 8 heteroatoms. The fourth-order valence-corrected chi connectivity index (χ4v) is 2.79. The molecule has 0 spiro atoms. The zero-order chi connectivity index (χ0) is 19.3. The number of para-hydroxylation sites is 1. The highest BCUT2D eigenvalue weighted by Gasteiger charge is 2.14. The van der Waals surface area contributed by atoms with Gasteiger partial charge in [-0.3, -0.25) is 0 Å². The van der Waals surface area contributed by atoms with Crippen LogP contribution in [0.4, 0.5) is 17.2 Å². The van der Waals surface area contributed by atoms with Gasteiger partial charge in [-0.05, 0) is 42.8 Å². The quantitative estimate of drug-likeness (QED) is 0.474. The Morgan fingerprint density at radius 1 is 1.07 bits per heavy atom. The summed E-state index contributed by atoms with van der Waals surface area (Å²) in [4.78, 5) is 8.56. The Bertz CT molecular complexity index is 1080. The first-order chi connectivity index (χ1) is 13.8. The van der Waals surface area contributed by atoms with Gasteiger partial charge in [0.2, 0.25) is 0 Å². The van der Waals surface area contributed by atoms with Crippen LogP contribution in [0.5, 0.6) is 5.75 Å². The number of nitrogens with two attached hydrogens (primary N) is 1. The Kier molecular flexibility index (Phi) is 5.01. The molecule has 0 radical (unpaired) electrons. The number of benzene rings is 2. The molecule has 4 aromatic rings.